The molecule has 19 heavy (non-hydrogen) atoms. The summed E-state index contributed by atoms with van der Waals surface area (Å²) in [6, 6.07) is 1.47. The average molecular weight is 302 g/mol. The summed E-state index contributed by atoms with van der Waals surface area (Å²) >= 11 is 11.6. The van der Waals surface area contributed by atoms with E-state index >= 15 is 0 Å². The van der Waals surface area contributed by atoms with Gasteiger partial charge in [0.05, 0.1) is 10.6 Å². The first-order valence-electron chi connectivity index (χ1n) is 5.83. The van der Waals surface area contributed by atoms with Crippen LogP contribution in [0.15, 0.2) is 12.3 Å². The van der Waals surface area contributed by atoms with Gasteiger partial charge in [0.25, 0.3) is 5.91 Å². The molecule has 1 aliphatic rings. The second kappa shape index (κ2) is 5.75. The van der Waals surface area contributed by atoms with Gasteiger partial charge in [0.2, 0.25) is 5.91 Å². The summed E-state index contributed by atoms with van der Waals surface area (Å²) in [5.41, 5.74) is 0.340. The quantitative estimate of drug-likeness (QED) is 0.742. The van der Waals surface area contributed by atoms with E-state index in [2.05, 4.69) is 4.98 Å². The van der Waals surface area contributed by atoms with E-state index in [1.165, 1.54) is 17.2 Å². The van der Waals surface area contributed by atoms with Gasteiger partial charge in [-0.25, -0.2) is 4.98 Å². The Balaban J connectivity index is 2.18. The van der Waals surface area contributed by atoms with Gasteiger partial charge in [0.15, 0.2) is 0 Å². The molecule has 7 heteroatoms. The maximum absolute atomic E-state index is 12.3. The van der Waals surface area contributed by atoms with Crippen molar-refractivity contribution in [1.82, 2.24) is 14.8 Å². The lowest BCUT2D eigenvalue weighted by Gasteiger charge is -2.19. The van der Waals surface area contributed by atoms with Crippen molar-refractivity contribution < 1.29 is 9.59 Å². The number of likely N-dealkylation sites (N-methyl/N-ethyl adjacent to an activating group) is 1. The maximum Gasteiger partial charge on any atom is 0.255 e. The Morgan fingerprint density at radius 2 is 2.11 bits per heavy atom. The van der Waals surface area contributed by atoms with E-state index in [0.717, 1.165) is 6.42 Å². The third-order valence-corrected chi connectivity index (χ3v) is 3.69. The van der Waals surface area contributed by atoms with E-state index < -0.39 is 0 Å². The number of amides is 2. The lowest BCUT2D eigenvalue weighted by Crippen LogP contribution is -2.38. The Morgan fingerprint density at radius 3 is 2.79 bits per heavy atom. The van der Waals surface area contributed by atoms with E-state index in [4.69, 9.17) is 23.2 Å². The summed E-state index contributed by atoms with van der Waals surface area (Å²) in [6.45, 7) is 1.27. The van der Waals surface area contributed by atoms with Gasteiger partial charge in [-0.15, -0.1) is 0 Å². The molecule has 1 saturated heterocycles. The molecule has 2 rings (SSSR count). The van der Waals surface area contributed by atoms with E-state index in [-0.39, 0.29) is 28.5 Å². The number of rotatable bonds is 1. The Bertz CT molecular complexity index is 522. The fraction of sp³-hybridized carbons (Fsp3) is 0.417. The first-order chi connectivity index (χ1) is 8.99. The van der Waals surface area contributed by atoms with Gasteiger partial charge >= 0.3 is 0 Å². The molecule has 0 aromatic carbocycles. The fourth-order valence-corrected chi connectivity index (χ4v) is 2.15. The maximum atomic E-state index is 12.3. The van der Waals surface area contributed by atoms with Gasteiger partial charge in [0.1, 0.15) is 11.7 Å². The highest BCUT2D eigenvalue weighted by Gasteiger charge is 2.24. The number of hydrogen-bond donors (Lipinski definition) is 0. The smallest absolute Gasteiger partial charge is 0.255 e. The summed E-state index contributed by atoms with van der Waals surface area (Å²) in [6.07, 6.45) is 2.12. The fourth-order valence-electron chi connectivity index (χ4n) is 1.88. The Morgan fingerprint density at radius 1 is 1.37 bits per heavy atom. The third-order valence-electron chi connectivity index (χ3n) is 3.00. The molecule has 0 radical (unpaired) electrons. The highest BCUT2D eigenvalue weighted by molar-refractivity contribution is 6.41. The van der Waals surface area contributed by atoms with Crippen molar-refractivity contribution in [3.63, 3.8) is 0 Å². The molecule has 0 atom stereocenters. The van der Waals surface area contributed by atoms with E-state index in [1.807, 2.05) is 0 Å². The third kappa shape index (κ3) is 3.16. The van der Waals surface area contributed by atoms with Gasteiger partial charge in [-0.2, -0.15) is 0 Å². The van der Waals surface area contributed by atoms with E-state index in [9.17, 15) is 9.59 Å². The van der Waals surface area contributed by atoms with Crippen LogP contribution in [0.5, 0.6) is 0 Å². The van der Waals surface area contributed by atoms with Crippen LogP contribution in [0, 0.1) is 0 Å². The van der Waals surface area contributed by atoms with Gasteiger partial charge in [0, 0.05) is 26.3 Å². The average Bonchev–Trinajstić information content (AvgIpc) is 2.55. The minimum atomic E-state index is -0.255. The summed E-state index contributed by atoms with van der Waals surface area (Å²) in [5, 5.41) is 0.385. The van der Waals surface area contributed by atoms with Crippen molar-refractivity contribution in [2.75, 3.05) is 26.7 Å². The van der Waals surface area contributed by atoms with Crippen molar-refractivity contribution in [2.24, 2.45) is 0 Å². The minimum Gasteiger partial charge on any atom is -0.344 e. The second-order valence-electron chi connectivity index (χ2n) is 4.39. The molecule has 102 valence electrons. The molecule has 2 heterocycles. The van der Waals surface area contributed by atoms with Gasteiger partial charge in [-0.05, 0) is 12.5 Å². The van der Waals surface area contributed by atoms with Crippen molar-refractivity contribution in [3.8, 4) is 0 Å². The molecule has 1 fully saturated rings. The van der Waals surface area contributed by atoms with Crippen LogP contribution in [0.2, 0.25) is 10.2 Å². The van der Waals surface area contributed by atoms with Crippen LogP contribution < -0.4 is 0 Å². The summed E-state index contributed by atoms with van der Waals surface area (Å²) in [5.74, 6) is -0.325. The minimum absolute atomic E-state index is 0.0705. The summed E-state index contributed by atoms with van der Waals surface area (Å²) in [4.78, 5) is 31.0. The van der Waals surface area contributed by atoms with Crippen LogP contribution >= 0.6 is 23.2 Å². The first-order valence-corrected chi connectivity index (χ1v) is 6.59. The molecule has 1 aliphatic heterocycles. The molecule has 0 N–H and O–H groups in total. The molecule has 0 aliphatic carbocycles. The zero-order valence-electron chi connectivity index (χ0n) is 10.4. The van der Waals surface area contributed by atoms with Crippen LogP contribution in [-0.4, -0.2) is 53.3 Å². The zero-order chi connectivity index (χ0) is 14.0. The van der Waals surface area contributed by atoms with Crippen LogP contribution in [0.1, 0.15) is 16.8 Å². The SMILES string of the molecule is CN1CCCN(C(=O)c2cnc(Cl)c(Cl)c2)CC1=O. The van der Waals surface area contributed by atoms with Gasteiger partial charge < -0.3 is 9.80 Å². The zero-order valence-corrected chi connectivity index (χ0v) is 11.9. The normalized spacial score (nSPS) is 16.5. The van der Waals surface area contributed by atoms with Gasteiger partial charge in [-0.3, -0.25) is 9.59 Å². The number of hydrogen-bond acceptors (Lipinski definition) is 3. The number of carbonyl (C=O) groups excluding carboxylic acids is 2. The van der Waals surface area contributed by atoms with Crippen molar-refractivity contribution in [2.45, 2.75) is 6.42 Å². The lowest BCUT2D eigenvalue weighted by molar-refractivity contribution is -0.129. The molecule has 0 spiro atoms. The number of halogens is 2. The molecule has 0 unspecified atom stereocenters. The molecule has 0 saturated carbocycles. The van der Waals surface area contributed by atoms with Crippen molar-refractivity contribution >= 4 is 35.0 Å². The highest BCUT2D eigenvalue weighted by Crippen LogP contribution is 2.20. The molecular formula is C12H13Cl2N3O2. The standard InChI is InChI=1S/C12H13Cl2N3O2/c1-16-3-2-4-17(7-10(16)18)12(19)8-5-9(13)11(14)15-6-8/h5-6H,2-4,7H2,1H3. The van der Waals surface area contributed by atoms with Crippen molar-refractivity contribution in [1.29, 1.82) is 0 Å². The van der Waals surface area contributed by atoms with Crippen LogP contribution in [0.25, 0.3) is 0 Å². The Kier molecular flexibility index (Phi) is 4.27. The number of aromatic nitrogens is 1. The molecule has 0 bridgehead atoms. The van der Waals surface area contributed by atoms with Crippen LogP contribution in [0.3, 0.4) is 0 Å². The Hall–Kier alpha value is -1.33. The monoisotopic (exact) mass is 301 g/mol. The van der Waals surface area contributed by atoms with Gasteiger partial charge in [-0.1, -0.05) is 23.2 Å². The summed E-state index contributed by atoms with van der Waals surface area (Å²) in [7, 11) is 1.73. The summed E-state index contributed by atoms with van der Waals surface area (Å²) < 4.78 is 0. The number of carbonyl (C=O) groups is 2. The highest BCUT2D eigenvalue weighted by atomic mass is 35.5. The Labute approximate surface area is 121 Å². The molecular weight excluding hydrogens is 289 g/mol. The topological polar surface area (TPSA) is 53.5 Å². The van der Waals surface area contributed by atoms with Crippen molar-refractivity contribution in [3.05, 3.63) is 28.0 Å². The lowest BCUT2D eigenvalue weighted by atomic mass is 10.2. The largest absolute Gasteiger partial charge is 0.344 e. The van der Waals surface area contributed by atoms with Crippen LogP contribution in [0.4, 0.5) is 0 Å². The molecule has 5 nitrogen and oxygen atoms in total. The predicted molar refractivity (Wildman–Crippen MR) is 72.4 cm³/mol. The van der Waals surface area contributed by atoms with E-state index in [0.29, 0.717) is 18.7 Å². The second-order valence-corrected chi connectivity index (χ2v) is 5.16. The van der Waals surface area contributed by atoms with E-state index in [1.54, 1.807) is 11.9 Å². The molecule has 2 amide bonds. The number of pyridine rings is 1. The molecule has 1 aromatic heterocycles. The number of nitrogens with zero attached hydrogens (tertiary/aromatic N) is 3. The first kappa shape index (κ1) is 14.1. The van der Waals surface area contributed by atoms with Crippen LogP contribution in [-0.2, 0) is 4.79 Å². The predicted octanol–water partition coefficient (Wildman–Crippen LogP) is 1.69. The molecule has 1 aromatic rings.